The summed E-state index contributed by atoms with van der Waals surface area (Å²) in [5.41, 5.74) is 0.556. The summed E-state index contributed by atoms with van der Waals surface area (Å²) in [6.45, 7) is 9.65. The highest BCUT2D eigenvalue weighted by Crippen LogP contribution is 2.38. The predicted octanol–water partition coefficient (Wildman–Crippen LogP) is 5.40. The highest BCUT2D eigenvalue weighted by Gasteiger charge is 2.29. The lowest BCUT2D eigenvalue weighted by Crippen LogP contribution is -2.35. The summed E-state index contributed by atoms with van der Waals surface area (Å²) in [6.07, 6.45) is 12.6. The zero-order valence-corrected chi connectivity index (χ0v) is 14.1. The van der Waals surface area contributed by atoms with E-state index in [0.29, 0.717) is 5.41 Å². The van der Waals surface area contributed by atoms with Crippen LogP contribution in [0.3, 0.4) is 0 Å². The molecule has 0 amide bonds. The smallest absolute Gasteiger partial charge is 0.00949 e. The second-order valence-corrected chi connectivity index (χ2v) is 7.58. The summed E-state index contributed by atoms with van der Waals surface area (Å²) < 4.78 is 0. The van der Waals surface area contributed by atoms with Gasteiger partial charge in [0, 0.05) is 6.04 Å². The third-order valence-corrected chi connectivity index (χ3v) is 5.30. The Morgan fingerprint density at radius 1 is 1.00 bits per heavy atom. The third kappa shape index (κ3) is 5.85. The lowest BCUT2D eigenvalue weighted by molar-refractivity contribution is 0.251. The maximum Gasteiger partial charge on any atom is 0.00949 e. The molecule has 1 rings (SSSR count). The number of hydrogen-bond donors (Lipinski definition) is 1. The maximum absolute atomic E-state index is 3.65. The molecule has 1 nitrogen and oxygen atoms in total. The van der Waals surface area contributed by atoms with Crippen LogP contribution in [0.2, 0.25) is 0 Å². The molecule has 1 aliphatic carbocycles. The van der Waals surface area contributed by atoms with Gasteiger partial charge in [-0.05, 0) is 62.8 Å². The summed E-state index contributed by atoms with van der Waals surface area (Å²) in [4.78, 5) is 0. The van der Waals surface area contributed by atoms with Gasteiger partial charge >= 0.3 is 0 Å². The predicted molar refractivity (Wildman–Crippen MR) is 86.5 cm³/mol. The monoisotopic (exact) mass is 267 g/mol. The van der Waals surface area contributed by atoms with Crippen molar-refractivity contribution in [1.29, 1.82) is 0 Å². The van der Waals surface area contributed by atoms with Crippen LogP contribution >= 0.6 is 0 Å². The van der Waals surface area contributed by atoms with Gasteiger partial charge in [-0.2, -0.15) is 0 Å². The van der Waals surface area contributed by atoms with Gasteiger partial charge < -0.3 is 5.32 Å². The molecule has 1 heteroatoms. The minimum absolute atomic E-state index is 0.556. The Morgan fingerprint density at radius 2 is 1.63 bits per heavy atom. The highest BCUT2D eigenvalue weighted by atomic mass is 14.9. The van der Waals surface area contributed by atoms with Crippen molar-refractivity contribution in [2.45, 2.75) is 91.5 Å². The fourth-order valence-corrected chi connectivity index (χ4v) is 3.91. The van der Waals surface area contributed by atoms with E-state index >= 15 is 0 Å². The van der Waals surface area contributed by atoms with Crippen LogP contribution in [0.25, 0.3) is 0 Å². The number of rotatable bonds is 5. The first-order valence-electron chi connectivity index (χ1n) is 8.69. The lowest BCUT2D eigenvalue weighted by Gasteiger charge is -2.29. The fourth-order valence-electron chi connectivity index (χ4n) is 3.91. The molecule has 114 valence electrons. The molecule has 0 heterocycles. The molecule has 0 bridgehead atoms. The van der Waals surface area contributed by atoms with E-state index in [0.717, 1.165) is 17.9 Å². The highest BCUT2D eigenvalue weighted by molar-refractivity contribution is 4.84. The molecule has 0 aliphatic heterocycles. The Kier molecular flexibility index (Phi) is 7.42. The van der Waals surface area contributed by atoms with Crippen LogP contribution in [-0.4, -0.2) is 13.1 Å². The number of nitrogens with one attached hydrogen (secondary N) is 1. The Morgan fingerprint density at radius 3 is 2.21 bits per heavy atom. The molecule has 1 fully saturated rings. The van der Waals surface area contributed by atoms with Crippen molar-refractivity contribution < 1.29 is 0 Å². The average Bonchev–Trinajstić information content (AvgIpc) is 2.42. The fraction of sp³-hybridized carbons (Fsp3) is 1.00. The second-order valence-electron chi connectivity index (χ2n) is 7.58. The molecule has 0 aromatic heterocycles. The molecular formula is C18H37N. The van der Waals surface area contributed by atoms with Crippen molar-refractivity contribution in [2.75, 3.05) is 7.05 Å². The van der Waals surface area contributed by atoms with E-state index in [1.54, 1.807) is 0 Å². The first kappa shape index (κ1) is 17.0. The largest absolute Gasteiger partial charge is 0.317 e. The Labute approximate surface area is 121 Å². The third-order valence-electron chi connectivity index (χ3n) is 5.30. The first-order chi connectivity index (χ1) is 9.02. The summed E-state index contributed by atoms with van der Waals surface area (Å²) in [6, 6.07) is 0.755. The van der Waals surface area contributed by atoms with Gasteiger partial charge in [0.1, 0.15) is 0 Å². The Bertz CT molecular complexity index is 234. The molecular weight excluding hydrogens is 230 g/mol. The van der Waals surface area contributed by atoms with E-state index in [9.17, 15) is 0 Å². The van der Waals surface area contributed by atoms with Crippen molar-refractivity contribution in [3.05, 3.63) is 0 Å². The van der Waals surface area contributed by atoms with Gasteiger partial charge in [-0.25, -0.2) is 0 Å². The molecule has 0 aromatic carbocycles. The molecule has 0 radical (unpaired) electrons. The lowest BCUT2D eigenvalue weighted by atomic mass is 9.79. The molecule has 0 spiro atoms. The molecule has 2 unspecified atom stereocenters. The quantitative estimate of drug-likeness (QED) is 0.703. The zero-order valence-electron chi connectivity index (χ0n) is 14.1. The normalized spacial score (nSPS) is 32.4. The van der Waals surface area contributed by atoms with Crippen molar-refractivity contribution in [3.63, 3.8) is 0 Å². The van der Waals surface area contributed by atoms with Crippen molar-refractivity contribution in [2.24, 2.45) is 17.3 Å². The van der Waals surface area contributed by atoms with Crippen molar-refractivity contribution >= 4 is 0 Å². The molecule has 3 atom stereocenters. The summed E-state index contributed by atoms with van der Waals surface area (Å²) in [5.74, 6) is 1.84. The molecule has 1 aliphatic rings. The van der Waals surface area contributed by atoms with Gasteiger partial charge in [-0.1, -0.05) is 47.0 Å². The topological polar surface area (TPSA) is 12.0 Å². The zero-order chi connectivity index (χ0) is 14.3. The summed E-state index contributed by atoms with van der Waals surface area (Å²) in [5, 5.41) is 3.65. The van der Waals surface area contributed by atoms with Crippen molar-refractivity contribution in [3.8, 4) is 0 Å². The molecule has 0 aromatic rings. The van der Waals surface area contributed by atoms with E-state index in [1.165, 1.54) is 57.8 Å². The van der Waals surface area contributed by atoms with Crippen LogP contribution in [0.15, 0.2) is 0 Å². The first-order valence-corrected chi connectivity index (χ1v) is 8.69. The van der Waals surface area contributed by atoms with Crippen LogP contribution in [0.5, 0.6) is 0 Å². The van der Waals surface area contributed by atoms with E-state index in [4.69, 9.17) is 0 Å². The van der Waals surface area contributed by atoms with Gasteiger partial charge in [-0.15, -0.1) is 0 Å². The van der Waals surface area contributed by atoms with E-state index in [2.05, 4.69) is 40.1 Å². The van der Waals surface area contributed by atoms with E-state index in [1.807, 2.05) is 0 Å². The van der Waals surface area contributed by atoms with Crippen LogP contribution in [0.4, 0.5) is 0 Å². The van der Waals surface area contributed by atoms with E-state index < -0.39 is 0 Å². The van der Waals surface area contributed by atoms with E-state index in [-0.39, 0.29) is 0 Å². The average molecular weight is 268 g/mol. The van der Waals surface area contributed by atoms with Gasteiger partial charge in [0.05, 0.1) is 0 Å². The standard InChI is InChI=1S/C18H37N/c1-6-8-15-10-12-18(3,4)13-11-16(9-7-2)17(14-15)19-5/h15-17,19H,6-14H2,1-5H3/t15?,16-,17?/m1/s1. The van der Waals surface area contributed by atoms with Crippen LogP contribution in [0, 0.1) is 17.3 Å². The minimum atomic E-state index is 0.556. The molecule has 0 saturated heterocycles. The molecule has 1 saturated carbocycles. The summed E-state index contributed by atoms with van der Waals surface area (Å²) >= 11 is 0. The van der Waals surface area contributed by atoms with Crippen LogP contribution in [-0.2, 0) is 0 Å². The second kappa shape index (κ2) is 8.29. The van der Waals surface area contributed by atoms with Crippen LogP contribution in [0.1, 0.15) is 85.5 Å². The SMILES string of the molecule is CCCC1CCC(C)(C)CC[C@@H](CCC)C(NC)C1. The molecule has 19 heavy (non-hydrogen) atoms. The Balaban J connectivity index is 2.77. The van der Waals surface area contributed by atoms with Gasteiger partial charge in [0.2, 0.25) is 0 Å². The Hall–Kier alpha value is -0.0400. The number of hydrogen-bond acceptors (Lipinski definition) is 1. The minimum Gasteiger partial charge on any atom is -0.317 e. The summed E-state index contributed by atoms with van der Waals surface area (Å²) in [7, 11) is 2.18. The van der Waals surface area contributed by atoms with Gasteiger partial charge in [0.15, 0.2) is 0 Å². The van der Waals surface area contributed by atoms with Gasteiger partial charge in [0.25, 0.3) is 0 Å². The maximum atomic E-state index is 3.65. The molecule has 1 N–H and O–H groups in total. The van der Waals surface area contributed by atoms with Gasteiger partial charge in [-0.3, -0.25) is 0 Å². The van der Waals surface area contributed by atoms with Crippen molar-refractivity contribution in [1.82, 2.24) is 5.32 Å². The van der Waals surface area contributed by atoms with Crippen LogP contribution < -0.4 is 5.32 Å².